The van der Waals surface area contributed by atoms with Gasteiger partial charge in [0, 0.05) is 5.82 Å². The summed E-state index contributed by atoms with van der Waals surface area (Å²) in [5, 5.41) is 0. The maximum absolute atomic E-state index is 11.7. The van der Waals surface area contributed by atoms with E-state index in [1.165, 1.54) is 13.8 Å². The van der Waals surface area contributed by atoms with Crippen molar-refractivity contribution in [3.05, 3.63) is 12.4 Å². The van der Waals surface area contributed by atoms with Gasteiger partial charge in [-0.25, -0.2) is 0 Å². The van der Waals surface area contributed by atoms with E-state index in [4.69, 9.17) is 55.5 Å². The van der Waals surface area contributed by atoms with Crippen LogP contribution in [0, 0.1) is 0 Å². The molecular formula is C6H9Cl4O3P. The minimum absolute atomic E-state index is 0.916. The Kier molecular flexibility index (Phi) is 5.29. The smallest absolute Gasteiger partial charge is 0.268 e. The number of hydrogen-bond acceptors (Lipinski definition) is 3. The Morgan fingerprint density at radius 2 is 1.43 bits per heavy atom. The lowest BCUT2D eigenvalue weighted by Gasteiger charge is -2.24. The molecule has 0 heterocycles. The maximum atomic E-state index is 11.7. The molecule has 0 bridgehead atoms. The quantitative estimate of drug-likeness (QED) is 0.547. The lowest BCUT2D eigenvalue weighted by atomic mass is 10.9. The highest BCUT2D eigenvalue weighted by molar-refractivity contribution is 7.57. The van der Waals surface area contributed by atoms with E-state index in [0.29, 0.717) is 0 Å². The molecule has 0 unspecified atom stereocenters. The van der Waals surface area contributed by atoms with Crippen molar-refractivity contribution in [2.75, 3.05) is 0 Å². The molecule has 3 nitrogen and oxygen atoms in total. The van der Waals surface area contributed by atoms with Crippen LogP contribution in [0.15, 0.2) is 12.4 Å². The molecule has 0 saturated heterocycles. The molecule has 0 N–H and O–H groups in total. The normalized spacial score (nSPS) is 14.1. The van der Waals surface area contributed by atoms with E-state index in [1.807, 2.05) is 0 Å². The molecule has 0 spiro atoms. The molecule has 0 aliphatic carbocycles. The van der Waals surface area contributed by atoms with Gasteiger partial charge in [0.1, 0.15) is 0 Å². The van der Waals surface area contributed by atoms with Crippen LogP contribution in [-0.4, -0.2) is 9.04 Å². The highest BCUT2D eigenvalue weighted by atomic mass is 35.5. The number of hydrogen-bond donors (Lipinski definition) is 0. The van der Waals surface area contributed by atoms with Gasteiger partial charge in [-0.1, -0.05) is 53.0 Å². The summed E-state index contributed by atoms with van der Waals surface area (Å²) >= 11 is 21.9. The molecule has 0 aromatic rings. The Morgan fingerprint density at radius 1 is 1.14 bits per heavy atom. The summed E-state index contributed by atoms with van der Waals surface area (Å²) in [5.74, 6) is 0.916. The second kappa shape index (κ2) is 4.92. The van der Waals surface area contributed by atoms with Crippen LogP contribution in [0.5, 0.6) is 0 Å². The molecule has 0 aromatic heterocycles. The Bertz CT molecular complexity index is 235. The zero-order valence-electron chi connectivity index (χ0n) is 7.47. The molecule has 0 radical (unpaired) electrons. The second-order valence-corrected chi connectivity index (χ2v) is 7.60. The fraction of sp³-hybridized carbons (Fsp3) is 0.667. The predicted octanol–water partition coefficient (Wildman–Crippen LogP) is 4.66. The topological polar surface area (TPSA) is 35.5 Å². The minimum Gasteiger partial charge on any atom is -0.268 e. The zero-order valence-corrected chi connectivity index (χ0v) is 11.4. The van der Waals surface area contributed by atoms with Crippen molar-refractivity contribution in [2.45, 2.75) is 22.9 Å². The first-order chi connectivity index (χ1) is 5.97. The summed E-state index contributed by atoms with van der Waals surface area (Å²) in [4.78, 5) is 0. The molecule has 0 aliphatic rings. The van der Waals surface area contributed by atoms with Crippen molar-refractivity contribution in [3.8, 4) is 0 Å². The van der Waals surface area contributed by atoms with Gasteiger partial charge >= 0.3 is 7.60 Å². The first-order valence-electron chi connectivity index (χ1n) is 3.38. The lowest BCUT2D eigenvalue weighted by molar-refractivity contribution is 0.164. The number of halogens is 4. The van der Waals surface area contributed by atoms with Crippen molar-refractivity contribution >= 4 is 54.0 Å². The summed E-state index contributed by atoms with van der Waals surface area (Å²) in [6, 6.07) is 0. The molecule has 0 aromatic carbocycles. The van der Waals surface area contributed by atoms with Crippen molar-refractivity contribution in [3.63, 3.8) is 0 Å². The van der Waals surface area contributed by atoms with Crippen LogP contribution in [0.2, 0.25) is 0 Å². The van der Waals surface area contributed by atoms with E-state index in [0.717, 1.165) is 5.82 Å². The van der Waals surface area contributed by atoms with Crippen LogP contribution in [0.25, 0.3) is 0 Å². The summed E-state index contributed by atoms with van der Waals surface area (Å²) in [5.41, 5.74) is 0. The van der Waals surface area contributed by atoms with Crippen LogP contribution < -0.4 is 0 Å². The highest BCUT2D eigenvalue weighted by Crippen LogP contribution is 2.58. The van der Waals surface area contributed by atoms with Gasteiger partial charge in [0.15, 0.2) is 0 Å². The number of rotatable bonds is 5. The van der Waals surface area contributed by atoms with Gasteiger partial charge in [0.2, 0.25) is 9.04 Å². The van der Waals surface area contributed by atoms with E-state index in [9.17, 15) is 4.57 Å². The third-order valence-corrected chi connectivity index (χ3v) is 3.22. The van der Waals surface area contributed by atoms with Crippen molar-refractivity contribution < 1.29 is 13.6 Å². The van der Waals surface area contributed by atoms with Crippen molar-refractivity contribution in [2.24, 2.45) is 0 Å². The molecule has 0 atom stereocenters. The van der Waals surface area contributed by atoms with Gasteiger partial charge in [-0.05, 0) is 13.8 Å². The van der Waals surface area contributed by atoms with Crippen LogP contribution in [0.4, 0.5) is 0 Å². The van der Waals surface area contributed by atoms with Crippen LogP contribution in [0.1, 0.15) is 13.8 Å². The van der Waals surface area contributed by atoms with E-state index in [-0.39, 0.29) is 0 Å². The largest absolute Gasteiger partial charge is 0.358 e. The van der Waals surface area contributed by atoms with E-state index in [2.05, 4.69) is 6.58 Å². The third-order valence-electron chi connectivity index (χ3n) is 0.799. The summed E-state index contributed by atoms with van der Waals surface area (Å²) in [6.07, 6.45) is 0. The standard InChI is InChI=1S/C6H9Cl4O3P/c1-4-14(11,12-5(2,7)8)13-6(3,9)10/h4H,1H2,2-3H3. The second-order valence-electron chi connectivity index (χ2n) is 2.52. The summed E-state index contributed by atoms with van der Waals surface area (Å²) < 4.78 is 17.8. The monoisotopic (exact) mass is 300 g/mol. The zero-order chi connectivity index (χ0) is 11.6. The lowest BCUT2D eigenvalue weighted by Crippen LogP contribution is -2.16. The van der Waals surface area contributed by atoms with Crippen molar-refractivity contribution in [1.29, 1.82) is 0 Å². The molecular weight excluding hydrogens is 293 g/mol. The molecule has 8 heteroatoms. The Morgan fingerprint density at radius 3 is 1.57 bits per heavy atom. The third kappa shape index (κ3) is 7.36. The van der Waals surface area contributed by atoms with Crippen LogP contribution >= 0.6 is 54.0 Å². The van der Waals surface area contributed by atoms with Crippen molar-refractivity contribution in [1.82, 2.24) is 0 Å². The fourth-order valence-corrected chi connectivity index (χ4v) is 2.77. The Hall–Kier alpha value is 1.05. The van der Waals surface area contributed by atoms with Gasteiger partial charge in [-0.3, -0.25) is 13.6 Å². The predicted molar refractivity (Wildman–Crippen MR) is 60.2 cm³/mol. The van der Waals surface area contributed by atoms with Gasteiger partial charge in [-0.2, -0.15) is 0 Å². The van der Waals surface area contributed by atoms with E-state index < -0.39 is 16.6 Å². The minimum atomic E-state index is -3.71. The SMILES string of the molecule is C=CP(=O)(OC(C)(Cl)Cl)OC(C)(Cl)Cl. The van der Waals surface area contributed by atoms with E-state index in [1.54, 1.807) is 0 Å². The molecule has 84 valence electrons. The van der Waals surface area contributed by atoms with Gasteiger partial charge in [-0.15, -0.1) is 0 Å². The van der Waals surface area contributed by atoms with Crippen LogP contribution in [0.3, 0.4) is 0 Å². The van der Waals surface area contributed by atoms with E-state index >= 15 is 0 Å². The molecule has 14 heavy (non-hydrogen) atoms. The van der Waals surface area contributed by atoms with Gasteiger partial charge < -0.3 is 0 Å². The first kappa shape index (κ1) is 15.0. The Balaban J connectivity index is 4.67. The Labute approximate surface area is 103 Å². The first-order valence-corrected chi connectivity index (χ1v) is 6.50. The highest BCUT2D eigenvalue weighted by Gasteiger charge is 2.36. The fourth-order valence-electron chi connectivity index (χ4n) is 0.540. The van der Waals surface area contributed by atoms with Gasteiger partial charge in [0.05, 0.1) is 0 Å². The average molecular weight is 302 g/mol. The molecule has 0 fully saturated rings. The number of alkyl halides is 4. The molecule has 0 saturated carbocycles. The molecule has 0 aliphatic heterocycles. The molecule has 0 rings (SSSR count). The summed E-state index contributed by atoms with van der Waals surface area (Å²) in [7, 11) is -3.71. The van der Waals surface area contributed by atoms with Gasteiger partial charge in [0.25, 0.3) is 0 Å². The van der Waals surface area contributed by atoms with Crippen LogP contribution in [-0.2, 0) is 13.6 Å². The summed E-state index contributed by atoms with van der Waals surface area (Å²) in [6.45, 7) is 5.80. The molecule has 0 amide bonds. The average Bonchev–Trinajstić information content (AvgIpc) is 1.78. The maximum Gasteiger partial charge on any atom is 0.358 e.